The minimum atomic E-state index is -0.904. The molecule has 2 rings (SSSR count). The highest BCUT2D eigenvalue weighted by Crippen LogP contribution is 2.36. The standard InChI is InChI=1S/C14H13NO3/c1-11(16)14(12-6-3-2-4-7-12)9-5-8-13(10-14)15(17)18/h2-9H,10H2,1H3. The first-order chi connectivity index (χ1) is 8.56. The molecule has 1 aliphatic rings. The van der Waals surface area contributed by atoms with E-state index in [1.807, 2.05) is 30.3 Å². The van der Waals surface area contributed by atoms with Crippen LogP contribution in [0.3, 0.4) is 0 Å². The lowest BCUT2D eigenvalue weighted by Crippen LogP contribution is -2.34. The summed E-state index contributed by atoms with van der Waals surface area (Å²) in [5.41, 5.74) is -0.0453. The molecular formula is C14H13NO3. The molecular weight excluding hydrogens is 230 g/mol. The lowest BCUT2D eigenvalue weighted by Gasteiger charge is -2.29. The molecule has 1 aromatic carbocycles. The van der Waals surface area contributed by atoms with E-state index >= 15 is 0 Å². The Bertz CT molecular complexity index is 545. The largest absolute Gasteiger partial charge is 0.299 e. The summed E-state index contributed by atoms with van der Waals surface area (Å²) in [6.07, 6.45) is 4.90. The van der Waals surface area contributed by atoms with Gasteiger partial charge >= 0.3 is 0 Å². The van der Waals surface area contributed by atoms with E-state index in [4.69, 9.17) is 0 Å². The molecule has 0 aliphatic heterocycles. The molecule has 0 saturated heterocycles. The lowest BCUT2D eigenvalue weighted by molar-refractivity contribution is -0.428. The first-order valence-electron chi connectivity index (χ1n) is 5.65. The zero-order valence-electron chi connectivity index (χ0n) is 10.00. The quantitative estimate of drug-likeness (QED) is 0.605. The van der Waals surface area contributed by atoms with Gasteiger partial charge in [0.1, 0.15) is 5.78 Å². The Morgan fingerprint density at radius 2 is 2.00 bits per heavy atom. The number of benzene rings is 1. The predicted octanol–water partition coefficient (Wildman–Crippen LogP) is 2.63. The van der Waals surface area contributed by atoms with E-state index in [0.717, 1.165) is 5.56 Å². The van der Waals surface area contributed by atoms with Crippen molar-refractivity contribution in [2.24, 2.45) is 0 Å². The third-order valence-electron chi connectivity index (χ3n) is 3.28. The molecule has 0 fully saturated rings. The van der Waals surface area contributed by atoms with E-state index in [9.17, 15) is 14.9 Å². The maximum atomic E-state index is 12.0. The predicted molar refractivity (Wildman–Crippen MR) is 67.6 cm³/mol. The number of carbonyl (C=O) groups is 1. The Labute approximate surface area is 105 Å². The topological polar surface area (TPSA) is 60.2 Å². The van der Waals surface area contributed by atoms with Crippen molar-refractivity contribution in [2.75, 3.05) is 0 Å². The number of rotatable bonds is 3. The first kappa shape index (κ1) is 12.2. The van der Waals surface area contributed by atoms with Gasteiger partial charge in [-0.3, -0.25) is 14.9 Å². The van der Waals surface area contributed by atoms with Gasteiger partial charge in [0.2, 0.25) is 5.70 Å². The van der Waals surface area contributed by atoms with E-state index < -0.39 is 10.3 Å². The normalized spacial score (nSPS) is 22.4. The fourth-order valence-electron chi connectivity index (χ4n) is 2.23. The molecule has 1 aliphatic carbocycles. The number of hydrogen-bond acceptors (Lipinski definition) is 3. The van der Waals surface area contributed by atoms with Gasteiger partial charge in [0.15, 0.2) is 0 Å². The summed E-state index contributed by atoms with van der Waals surface area (Å²) < 4.78 is 0. The van der Waals surface area contributed by atoms with Gasteiger partial charge in [0.25, 0.3) is 0 Å². The van der Waals surface area contributed by atoms with E-state index in [2.05, 4.69) is 0 Å². The molecule has 1 atom stereocenters. The zero-order chi connectivity index (χ0) is 13.2. The molecule has 4 nitrogen and oxygen atoms in total. The van der Waals surface area contributed by atoms with Gasteiger partial charge in [0, 0.05) is 6.08 Å². The van der Waals surface area contributed by atoms with Gasteiger partial charge in [0.05, 0.1) is 16.8 Å². The molecule has 0 saturated carbocycles. The van der Waals surface area contributed by atoms with Crippen LogP contribution in [0.2, 0.25) is 0 Å². The average Bonchev–Trinajstić information content (AvgIpc) is 2.39. The van der Waals surface area contributed by atoms with Crippen LogP contribution in [0.25, 0.3) is 0 Å². The summed E-state index contributed by atoms with van der Waals surface area (Å²) in [5, 5.41) is 10.9. The van der Waals surface area contributed by atoms with Crippen LogP contribution in [0.5, 0.6) is 0 Å². The number of nitrogens with zero attached hydrogens (tertiary/aromatic N) is 1. The van der Waals surface area contributed by atoms with Gasteiger partial charge in [-0.2, -0.15) is 0 Å². The van der Waals surface area contributed by atoms with Crippen molar-refractivity contribution < 1.29 is 9.72 Å². The summed E-state index contributed by atoms with van der Waals surface area (Å²) in [5.74, 6) is -0.0857. The van der Waals surface area contributed by atoms with Crippen LogP contribution in [0.15, 0.2) is 54.3 Å². The van der Waals surface area contributed by atoms with Crippen molar-refractivity contribution in [3.8, 4) is 0 Å². The highest BCUT2D eigenvalue weighted by molar-refractivity contribution is 5.91. The van der Waals surface area contributed by atoms with Crippen molar-refractivity contribution in [2.45, 2.75) is 18.8 Å². The fourth-order valence-corrected chi connectivity index (χ4v) is 2.23. The Hall–Kier alpha value is -2.23. The highest BCUT2D eigenvalue weighted by atomic mass is 16.6. The maximum Gasteiger partial charge on any atom is 0.247 e. The van der Waals surface area contributed by atoms with Crippen LogP contribution >= 0.6 is 0 Å². The Morgan fingerprint density at radius 3 is 2.56 bits per heavy atom. The van der Waals surface area contributed by atoms with E-state index in [0.29, 0.717) is 0 Å². The highest BCUT2D eigenvalue weighted by Gasteiger charge is 2.40. The molecule has 18 heavy (non-hydrogen) atoms. The Balaban J connectivity index is 2.49. The summed E-state index contributed by atoms with van der Waals surface area (Å²) in [7, 11) is 0. The maximum absolute atomic E-state index is 12.0. The second-order valence-corrected chi connectivity index (χ2v) is 4.34. The number of ketones is 1. The van der Waals surface area contributed by atoms with Gasteiger partial charge < -0.3 is 0 Å². The molecule has 1 unspecified atom stereocenters. The molecule has 0 aromatic heterocycles. The van der Waals surface area contributed by atoms with Crippen LogP contribution in [0, 0.1) is 10.1 Å². The fraction of sp³-hybridized carbons (Fsp3) is 0.214. The molecule has 0 radical (unpaired) electrons. The number of hydrogen-bond donors (Lipinski definition) is 0. The van der Waals surface area contributed by atoms with Gasteiger partial charge in [-0.1, -0.05) is 42.5 Å². The van der Waals surface area contributed by atoms with Crippen LogP contribution in [-0.4, -0.2) is 10.7 Å². The van der Waals surface area contributed by atoms with Crippen LogP contribution in [0.4, 0.5) is 0 Å². The van der Waals surface area contributed by atoms with Crippen molar-refractivity contribution in [1.82, 2.24) is 0 Å². The third-order valence-corrected chi connectivity index (χ3v) is 3.28. The number of allylic oxidation sites excluding steroid dienone is 4. The minimum Gasteiger partial charge on any atom is -0.299 e. The first-order valence-corrected chi connectivity index (χ1v) is 5.65. The molecule has 0 amide bonds. The van der Waals surface area contributed by atoms with Crippen LogP contribution in [-0.2, 0) is 10.2 Å². The van der Waals surface area contributed by atoms with Gasteiger partial charge in [-0.05, 0) is 12.5 Å². The van der Waals surface area contributed by atoms with E-state index in [1.54, 1.807) is 12.2 Å². The second kappa shape index (κ2) is 4.56. The zero-order valence-corrected chi connectivity index (χ0v) is 10.00. The average molecular weight is 243 g/mol. The second-order valence-electron chi connectivity index (χ2n) is 4.34. The minimum absolute atomic E-state index is 0.0663. The lowest BCUT2D eigenvalue weighted by atomic mass is 9.72. The molecule has 1 aromatic rings. The smallest absolute Gasteiger partial charge is 0.247 e. The number of carbonyl (C=O) groups excluding carboxylic acids is 1. The van der Waals surface area contributed by atoms with Crippen LogP contribution in [0.1, 0.15) is 18.9 Å². The van der Waals surface area contributed by atoms with Gasteiger partial charge in [-0.15, -0.1) is 0 Å². The van der Waals surface area contributed by atoms with Gasteiger partial charge in [-0.25, -0.2) is 0 Å². The summed E-state index contributed by atoms with van der Waals surface area (Å²) in [4.78, 5) is 22.4. The molecule has 0 heterocycles. The van der Waals surface area contributed by atoms with Crippen molar-refractivity contribution in [3.63, 3.8) is 0 Å². The SMILES string of the molecule is CC(=O)C1(c2ccccc2)C=CC=C([N+](=O)[O-])C1. The third kappa shape index (κ3) is 1.97. The van der Waals surface area contributed by atoms with Crippen molar-refractivity contribution in [1.29, 1.82) is 0 Å². The number of Topliss-reactive ketones (excluding diaryl/α,β-unsaturated/α-hetero) is 1. The van der Waals surface area contributed by atoms with Crippen LogP contribution < -0.4 is 0 Å². The monoisotopic (exact) mass is 243 g/mol. The van der Waals surface area contributed by atoms with Crippen molar-refractivity contribution >= 4 is 5.78 Å². The van der Waals surface area contributed by atoms with E-state index in [-0.39, 0.29) is 17.9 Å². The number of nitro groups is 1. The van der Waals surface area contributed by atoms with Crippen molar-refractivity contribution in [3.05, 3.63) is 69.9 Å². The Kier molecular flexibility index (Phi) is 3.10. The molecule has 0 spiro atoms. The molecule has 92 valence electrons. The molecule has 0 bridgehead atoms. The summed E-state index contributed by atoms with van der Waals surface area (Å²) in [6.45, 7) is 1.47. The van der Waals surface area contributed by atoms with E-state index in [1.165, 1.54) is 13.0 Å². The molecule has 4 heteroatoms. The summed E-state index contributed by atoms with van der Waals surface area (Å²) >= 11 is 0. The summed E-state index contributed by atoms with van der Waals surface area (Å²) in [6, 6.07) is 9.17. The Morgan fingerprint density at radius 1 is 1.33 bits per heavy atom. The molecule has 0 N–H and O–H groups in total.